The Morgan fingerprint density at radius 2 is 2.31 bits per heavy atom. The molecular formula is C11H12FN3O. The van der Waals surface area contributed by atoms with Gasteiger partial charge in [-0.3, -0.25) is 4.79 Å². The minimum Gasteiger partial charge on any atom is -0.328 e. The van der Waals surface area contributed by atoms with E-state index < -0.39 is 5.82 Å². The van der Waals surface area contributed by atoms with Crippen LogP contribution in [-0.2, 0) is 6.42 Å². The summed E-state index contributed by atoms with van der Waals surface area (Å²) in [5.41, 5.74) is 5.71. The number of nitrogens with two attached hydrogens (primary N) is 1. The van der Waals surface area contributed by atoms with E-state index in [9.17, 15) is 9.18 Å². The summed E-state index contributed by atoms with van der Waals surface area (Å²) in [7, 11) is 0. The predicted molar refractivity (Wildman–Crippen MR) is 59.7 cm³/mol. The van der Waals surface area contributed by atoms with Crippen molar-refractivity contribution in [3.05, 3.63) is 40.2 Å². The number of halogens is 1. The number of hydrogen-bond acceptors (Lipinski definition) is 3. The zero-order valence-corrected chi connectivity index (χ0v) is 8.83. The van der Waals surface area contributed by atoms with Crippen molar-refractivity contribution in [3.8, 4) is 0 Å². The van der Waals surface area contributed by atoms with Crippen LogP contribution in [0.25, 0.3) is 10.9 Å². The number of rotatable bonds is 2. The van der Waals surface area contributed by atoms with Gasteiger partial charge in [0.05, 0.1) is 10.9 Å². The molecule has 1 atom stereocenters. The zero-order chi connectivity index (χ0) is 11.7. The van der Waals surface area contributed by atoms with Gasteiger partial charge in [0.1, 0.15) is 11.6 Å². The fourth-order valence-corrected chi connectivity index (χ4v) is 1.56. The highest BCUT2D eigenvalue weighted by Crippen LogP contribution is 2.09. The number of nitrogens with one attached hydrogen (secondary N) is 1. The van der Waals surface area contributed by atoms with Crippen molar-refractivity contribution >= 4 is 10.9 Å². The third kappa shape index (κ3) is 2.09. The molecule has 84 valence electrons. The molecule has 5 heteroatoms. The van der Waals surface area contributed by atoms with Crippen LogP contribution in [0.3, 0.4) is 0 Å². The van der Waals surface area contributed by atoms with Gasteiger partial charge in [0.15, 0.2) is 0 Å². The number of aromatic nitrogens is 2. The van der Waals surface area contributed by atoms with Crippen LogP contribution in [0.5, 0.6) is 0 Å². The Morgan fingerprint density at radius 3 is 3.00 bits per heavy atom. The molecule has 3 N–H and O–H groups in total. The number of fused-ring (bicyclic) bond motifs is 1. The molecule has 0 spiro atoms. The van der Waals surface area contributed by atoms with Gasteiger partial charge in [-0.05, 0) is 19.1 Å². The number of hydrogen-bond donors (Lipinski definition) is 2. The van der Waals surface area contributed by atoms with Gasteiger partial charge < -0.3 is 10.7 Å². The molecule has 4 nitrogen and oxygen atoms in total. The Labute approximate surface area is 91.3 Å². The maximum atomic E-state index is 13.0. The number of nitrogens with zero attached hydrogens (tertiary/aromatic N) is 1. The molecule has 0 fully saturated rings. The summed E-state index contributed by atoms with van der Waals surface area (Å²) >= 11 is 0. The Morgan fingerprint density at radius 1 is 1.56 bits per heavy atom. The molecular weight excluding hydrogens is 209 g/mol. The topological polar surface area (TPSA) is 71.8 Å². The largest absolute Gasteiger partial charge is 0.328 e. The van der Waals surface area contributed by atoms with E-state index in [1.807, 2.05) is 6.92 Å². The molecule has 0 aliphatic heterocycles. The quantitative estimate of drug-likeness (QED) is 0.793. The molecule has 2 rings (SSSR count). The summed E-state index contributed by atoms with van der Waals surface area (Å²) in [6.45, 7) is 1.82. The number of benzene rings is 1. The lowest BCUT2D eigenvalue weighted by molar-refractivity contribution is 0.629. The molecule has 0 amide bonds. The van der Waals surface area contributed by atoms with E-state index in [-0.39, 0.29) is 11.6 Å². The minimum atomic E-state index is -0.405. The van der Waals surface area contributed by atoms with E-state index in [1.165, 1.54) is 18.2 Å². The lowest BCUT2D eigenvalue weighted by Crippen LogP contribution is -2.22. The smallest absolute Gasteiger partial charge is 0.258 e. The molecule has 0 aliphatic rings. The van der Waals surface area contributed by atoms with Crippen LogP contribution in [0.2, 0.25) is 0 Å². The van der Waals surface area contributed by atoms with Crippen molar-refractivity contribution in [1.82, 2.24) is 9.97 Å². The minimum absolute atomic E-state index is 0.103. The highest BCUT2D eigenvalue weighted by atomic mass is 19.1. The SMILES string of the molecule is CC(N)Cc1nc2cc(F)ccc2c(=O)[nH]1. The molecule has 0 radical (unpaired) electrons. The predicted octanol–water partition coefficient (Wildman–Crippen LogP) is 0.952. The van der Waals surface area contributed by atoms with Gasteiger partial charge in [0, 0.05) is 18.5 Å². The summed E-state index contributed by atoms with van der Waals surface area (Å²) < 4.78 is 13.0. The Balaban J connectivity index is 2.61. The van der Waals surface area contributed by atoms with Crippen molar-refractivity contribution in [2.24, 2.45) is 5.73 Å². The summed E-state index contributed by atoms with van der Waals surface area (Å²) in [5.74, 6) is 0.0791. The first-order chi connectivity index (χ1) is 7.56. The normalized spacial score (nSPS) is 12.9. The maximum Gasteiger partial charge on any atom is 0.258 e. The van der Waals surface area contributed by atoms with E-state index >= 15 is 0 Å². The molecule has 1 aromatic heterocycles. The van der Waals surface area contributed by atoms with Gasteiger partial charge >= 0.3 is 0 Å². The molecule has 0 saturated carbocycles. The molecule has 0 bridgehead atoms. The van der Waals surface area contributed by atoms with Gasteiger partial charge in [-0.1, -0.05) is 0 Å². The average molecular weight is 221 g/mol. The third-order valence-electron chi connectivity index (χ3n) is 2.23. The molecule has 0 saturated heterocycles. The number of aromatic amines is 1. The van der Waals surface area contributed by atoms with Gasteiger partial charge in [-0.2, -0.15) is 0 Å². The first-order valence-corrected chi connectivity index (χ1v) is 5.00. The van der Waals surface area contributed by atoms with E-state index in [2.05, 4.69) is 9.97 Å². The Bertz CT molecular complexity index is 577. The first kappa shape index (κ1) is 10.8. The molecule has 1 aromatic carbocycles. The van der Waals surface area contributed by atoms with Crippen LogP contribution in [-0.4, -0.2) is 16.0 Å². The molecule has 0 aliphatic carbocycles. The van der Waals surface area contributed by atoms with Crippen molar-refractivity contribution < 1.29 is 4.39 Å². The van der Waals surface area contributed by atoms with Crippen LogP contribution < -0.4 is 11.3 Å². The average Bonchev–Trinajstić information content (AvgIpc) is 2.15. The van der Waals surface area contributed by atoms with Gasteiger partial charge in [0.25, 0.3) is 5.56 Å². The second-order valence-electron chi connectivity index (χ2n) is 3.86. The number of H-pyrrole nitrogens is 1. The van der Waals surface area contributed by atoms with Crippen molar-refractivity contribution in [3.63, 3.8) is 0 Å². The molecule has 2 aromatic rings. The van der Waals surface area contributed by atoms with E-state index in [4.69, 9.17) is 5.73 Å². The van der Waals surface area contributed by atoms with Crippen LogP contribution >= 0.6 is 0 Å². The highest BCUT2D eigenvalue weighted by Gasteiger charge is 2.06. The summed E-state index contributed by atoms with van der Waals surface area (Å²) in [4.78, 5) is 18.4. The monoisotopic (exact) mass is 221 g/mol. The van der Waals surface area contributed by atoms with Gasteiger partial charge in [-0.15, -0.1) is 0 Å². The third-order valence-corrected chi connectivity index (χ3v) is 2.23. The highest BCUT2D eigenvalue weighted by molar-refractivity contribution is 5.77. The summed E-state index contributed by atoms with van der Waals surface area (Å²) in [5, 5.41) is 0.384. The lowest BCUT2D eigenvalue weighted by Gasteiger charge is -2.05. The van der Waals surface area contributed by atoms with Gasteiger partial charge in [-0.25, -0.2) is 9.37 Å². The van der Waals surface area contributed by atoms with Crippen LogP contribution in [0.1, 0.15) is 12.7 Å². The molecule has 1 unspecified atom stereocenters. The molecule has 16 heavy (non-hydrogen) atoms. The van der Waals surface area contributed by atoms with Crippen molar-refractivity contribution in [1.29, 1.82) is 0 Å². The van der Waals surface area contributed by atoms with E-state index in [1.54, 1.807) is 0 Å². The lowest BCUT2D eigenvalue weighted by atomic mass is 10.2. The fraction of sp³-hybridized carbons (Fsp3) is 0.273. The zero-order valence-electron chi connectivity index (χ0n) is 8.83. The fourth-order valence-electron chi connectivity index (χ4n) is 1.56. The van der Waals surface area contributed by atoms with Crippen LogP contribution in [0.4, 0.5) is 4.39 Å². The maximum absolute atomic E-state index is 13.0. The van der Waals surface area contributed by atoms with Crippen LogP contribution in [0, 0.1) is 5.82 Å². The summed E-state index contributed by atoms with van der Waals surface area (Å²) in [6.07, 6.45) is 0.460. The first-order valence-electron chi connectivity index (χ1n) is 5.00. The van der Waals surface area contributed by atoms with Crippen LogP contribution in [0.15, 0.2) is 23.0 Å². The Hall–Kier alpha value is -1.75. The van der Waals surface area contributed by atoms with Crippen molar-refractivity contribution in [2.75, 3.05) is 0 Å². The Kier molecular flexibility index (Phi) is 2.70. The van der Waals surface area contributed by atoms with E-state index in [0.29, 0.717) is 23.1 Å². The van der Waals surface area contributed by atoms with Crippen molar-refractivity contribution in [2.45, 2.75) is 19.4 Å². The van der Waals surface area contributed by atoms with E-state index in [0.717, 1.165) is 0 Å². The standard InChI is InChI=1S/C11H12FN3O/c1-6(13)4-10-14-9-5-7(12)2-3-8(9)11(16)15-10/h2-3,5-6H,4,13H2,1H3,(H,14,15,16). The summed E-state index contributed by atoms with van der Waals surface area (Å²) in [6, 6.07) is 3.81. The second kappa shape index (κ2) is 4.02. The second-order valence-corrected chi connectivity index (χ2v) is 3.86. The molecule has 1 heterocycles. The van der Waals surface area contributed by atoms with Gasteiger partial charge in [0.2, 0.25) is 0 Å².